The number of carbonyl (C=O) groups is 3. The minimum atomic E-state index is -0.228. The van der Waals surface area contributed by atoms with Crippen molar-refractivity contribution in [3.63, 3.8) is 0 Å². The third kappa shape index (κ3) is 4.54. The second-order valence-corrected chi connectivity index (χ2v) is 13.6. The second kappa shape index (κ2) is 9.72. The van der Waals surface area contributed by atoms with Gasteiger partial charge in [-0.3, -0.25) is 14.4 Å². The Balaban J connectivity index is 1.30. The van der Waals surface area contributed by atoms with E-state index in [2.05, 4.69) is 27.7 Å². The molecule has 4 aliphatic carbocycles. The van der Waals surface area contributed by atoms with E-state index in [-0.39, 0.29) is 40.9 Å². The van der Waals surface area contributed by atoms with Crippen LogP contribution in [0.25, 0.3) is 0 Å². The summed E-state index contributed by atoms with van der Waals surface area (Å²) in [5, 5.41) is 0. The predicted molar refractivity (Wildman–Crippen MR) is 139 cm³/mol. The van der Waals surface area contributed by atoms with Crippen LogP contribution in [0.4, 0.5) is 0 Å². The Labute approximate surface area is 222 Å². The van der Waals surface area contributed by atoms with Crippen molar-refractivity contribution in [2.24, 2.45) is 46.3 Å². The first-order valence-electron chi connectivity index (χ1n) is 14.6. The second-order valence-electron chi connectivity index (χ2n) is 13.6. The van der Waals surface area contributed by atoms with Gasteiger partial charge in [-0.1, -0.05) is 20.8 Å². The van der Waals surface area contributed by atoms with E-state index in [1.807, 2.05) is 0 Å². The van der Waals surface area contributed by atoms with Crippen LogP contribution in [0.5, 0.6) is 0 Å². The Morgan fingerprint density at radius 2 is 1.81 bits per heavy atom. The Kier molecular flexibility index (Phi) is 7.02. The molecule has 0 N–H and O–H groups in total. The van der Waals surface area contributed by atoms with Crippen LogP contribution in [0.15, 0.2) is 11.3 Å². The van der Waals surface area contributed by atoms with Crippen molar-refractivity contribution >= 4 is 17.7 Å². The number of carbonyl (C=O) groups excluding carboxylic acids is 3. The molecule has 1 aliphatic heterocycles. The molecule has 0 aromatic carbocycles. The maximum Gasteiger partial charge on any atom is 0.302 e. The SMILES string of the molecule is CC(=O)OCC(C)CCC1=C(C)[C@H]2[C@H](C[C@H]3[C@@H]4CC[C@H]5C[C@@H](OC(C)=O)CC[C@]5(C)[C@H]4C(=O)C[C@@]32C)O1. The molecule has 0 aromatic rings. The molecule has 0 saturated heterocycles. The summed E-state index contributed by atoms with van der Waals surface area (Å²) < 4.78 is 17.4. The lowest BCUT2D eigenvalue weighted by molar-refractivity contribution is -0.168. The lowest BCUT2D eigenvalue weighted by Crippen LogP contribution is -2.57. The van der Waals surface area contributed by atoms with E-state index >= 15 is 0 Å². The van der Waals surface area contributed by atoms with E-state index in [1.165, 1.54) is 19.4 Å². The highest BCUT2D eigenvalue weighted by molar-refractivity contribution is 5.84. The average Bonchev–Trinajstić information content (AvgIpc) is 3.29. The number of fused-ring (bicyclic) bond motifs is 7. The van der Waals surface area contributed by atoms with E-state index in [1.54, 1.807) is 0 Å². The van der Waals surface area contributed by atoms with Crippen molar-refractivity contribution in [1.29, 1.82) is 0 Å². The number of ether oxygens (including phenoxy) is 3. The van der Waals surface area contributed by atoms with Gasteiger partial charge in [0.15, 0.2) is 0 Å². The van der Waals surface area contributed by atoms with Crippen molar-refractivity contribution in [3.8, 4) is 0 Å². The molecule has 1 unspecified atom stereocenters. The normalized spacial score (nSPS) is 43.2. The lowest BCUT2D eigenvalue weighted by atomic mass is 9.44. The highest BCUT2D eigenvalue weighted by atomic mass is 16.5. The summed E-state index contributed by atoms with van der Waals surface area (Å²) >= 11 is 0. The predicted octanol–water partition coefficient (Wildman–Crippen LogP) is 6.02. The van der Waals surface area contributed by atoms with Gasteiger partial charge in [-0.2, -0.15) is 0 Å². The largest absolute Gasteiger partial charge is 0.494 e. The van der Waals surface area contributed by atoms with E-state index < -0.39 is 0 Å². The van der Waals surface area contributed by atoms with Gasteiger partial charge in [0.05, 0.1) is 12.4 Å². The van der Waals surface area contributed by atoms with Crippen molar-refractivity contribution in [2.75, 3.05) is 6.61 Å². The van der Waals surface area contributed by atoms with Gasteiger partial charge in [-0.05, 0) is 91.9 Å². The summed E-state index contributed by atoms with van der Waals surface area (Å²) in [6, 6.07) is 0. The molecule has 37 heavy (non-hydrogen) atoms. The Morgan fingerprint density at radius 3 is 2.51 bits per heavy atom. The molecule has 0 amide bonds. The van der Waals surface area contributed by atoms with Crippen LogP contribution in [-0.4, -0.2) is 36.5 Å². The third-order valence-corrected chi connectivity index (χ3v) is 11.3. The summed E-state index contributed by atoms with van der Waals surface area (Å²) in [5.41, 5.74) is 1.34. The summed E-state index contributed by atoms with van der Waals surface area (Å²) in [7, 11) is 0. The molecule has 5 rings (SSSR count). The highest BCUT2D eigenvalue weighted by Crippen LogP contribution is 2.69. The van der Waals surface area contributed by atoms with Gasteiger partial charge in [0.1, 0.15) is 18.0 Å². The van der Waals surface area contributed by atoms with Crippen molar-refractivity contribution in [2.45, 2.75) is 112 Å². The average molecular weight is 515 g/mol. The van der Waals surface area contributed by atoms with Crippen LogP contribution in [0, 0.1) is 46.3 Å². The van der Waals surface area contributed by atoms with Gasteiger partial charge in [-0.15, -0.1) is 0 Å². The van der Waals surface area contributed by atoms with Crippen LogP contribution in [0.2, 0.25) is 0 Å². The molecular formula is C31H46O6. The number of hydrogen-bond donors (Lipinski definition) is 0. The number of esters is 2. The van der Waals surface area contributed by atoms with Gasteiger partial charge in [0, 0.05) is 38.5 Å². The van der Waals surface area contributed by atoms with Gasteiger partial charge >= 0.3 is 11.9 Å². The lowest BCUT2D eigenvalue weighted by Gasteiger charge is -2.59. The monoisotopic (exact) mass is 514 g/mol. The van der Waals surface area contributed by atoms with E-state index in [9.17, 15) is 14.4 Å². The zero-order valence-electron chi connectivity index (χ0n) is 23.6. The Hall–Kier alpha value is -1.85. The minimum absolute atomic E-state index is 0.0123. The van der Waals surface area contributed by atoms with E-state index in [0.29, 0.717) is 48.4 Å². The first kappa shape index (κ1) is 26.7. The molecule has 5 aliphatic rings. The molecular weight excluding hydrogens is 468 g/mol. The quantitative estimate of drug-likeness (QED) is 0.404. The standard InChI is InChI=1S/C31H46O6/c1-17(16-35-19(3)32)7-10-26-18(2)28-27(37-26)14-24-23-9-8-21-13-22(36-20(4)33)11-12-30(21,5)29(23)25(34)15-31(24,28)6/h17,21-24,27-29H,7-16H2,1-6H3/t17?,21-,22-,23-,24-,27-,28-,29+,30-,31-/m0/s1. The van der Waals surface area contributed by atoms with Crippen LogP contribution in [-0.2, 0) is 28.6 Å². The Morgan fingerprint density at radius 1 is 1.05 bits per heavy atom. The molecule has 206 valence electrons. The molecule has 1 heterocycles. The molecule has 4 fully saturated rings. The van der Waals surface area contributed by atoms with Gasteiger partial charge in [0.25, 0.3) is 0 Å². The number of ketones is 1. The fourth-order valence-corrected chi connectivity index (χ4v) is 9.69. The first-order chi connectivity index (χ1) is 17.4. The Bertz CT molecular complexity index is 984. The summed E-state index contributed by atoms with van der Waals surface area (Å²) in [5.74, 6) is 3.33. The molecule has 4 saturated carbocycles. The number of hydrogen-bond acceptors (Lipinski definition) is 6. The maximum absolute atomic E-state index is 14.0. The van der Waals surface area contributed by atoms with E-state index in [4.69, 9.17) is 14.2 Å². The fraction of sp³-hybridized carbons (Fsp3) is 0.839. The smallest absolute Gasteiger partial charge is 0.302 e. The molecule has 0 aromatic heterocycles. The molecule has 10 atom stereocenters. The van der Waals surface area contributed by atoms with Crippen molar-refractivity contribution in [1.82, 2.24) is 0 Å². The van der Waals surface area contributed by atoms with Crippen molar-refractivity contribution in [3.05, 3.63) is 11.3 Å². The third-order valence-electron chi connectivity index (χ3n) is 11.3. The van der Waals surface area contributed by atoms with Crippen LogP contribution >= 0.6 is 0 Å². The number of rotatable bonds is 6. The van der Waals surface area contributed by atoms with Gasteiger partial charge < -0.3 is 14.2 Å². The van der Waals surface area contributed by atoms with Crippen molar-refractivity contribution < 1.29 is 28.6 Å². The van der Waals surface area contributed by atoms with Crippen LogP contribution < -0.4 is 0 Å². The topological polar surface area (TPSA) is 78.9 Å². The van der Waals surface area contributed by atoms with Gasteiger partial charge in [-0.25, -0.2) is 0 Å². The molecule has 6 heteroatoms. The summed E-state index contributed by atoms with van der Waals surface area (Å²) in [6.07, 6.45) is 8.70. The molecule has 0 spiro atoms. The summed E-state index contributed by atoms with van der Waals surface area (Å²) in [4.78, 5) is 36.7. The maximum atomic E-state index is 14.0. The fourth-order valence-electron chi connectivity index (χ4n) is 9.69. The van der Waals surface area contributed by atoms with Crippen LogP contribution in [0.1, 0.15) is 99.3 Å². The molecule has 0 bridgehead atoms. The zero-order valence-corrected chi connectivity index (χ0v) is 23.6. The zero-order chi connectivity index (χ0) is 26.7. The highest BCUT2D eigenvalue weighted by Gasteiger charge is 2.67. The number of allylic oxidation sites excluding steroid dienone is 1. The first-order valence-corrected chi connectivity index (χ1v) is 14.6. The molecule has 0 radical (unpaired) electrons. The molecule has 6 nitrogen and oxygen atoms in total. The van der Waals surface area contributed by atoms with Crippen LogP contribution in [0.3, 0.4) is 0 Å². The minimum Gasteiger partial charge on any atom is -0.494 e. The van der Waals surface area contributed by atoms with E-state index in [0.717, 1.165) is 57.1 Å². The van der Waals surface area contributed by atoms with Gasteiger partial charge in [0.2, 0.25) is 0 Å². The summed E-state index contributed by atoms with van der Waals surface area (Å²) in [6.45, 7) is 12.5. The number of Topliss-reactive ketones (excluding diaryl/α,β-unsaturated/α-hetero) is 1.